The van der Waals surface area contributed by atoms with Gasteiger partial charge in [-0.1, -0.05) is 0 Å². The molecule has 98 valence electrons. The molecule has 0 atom stereocenters. The number of carbonyl (C=O) groups excluding carboxylic acids is 2. The number of rotatable bonds is 7. The summed E-state index contributed by atoms with van der Waals surface area (Å²) in [5.41, 5.74) is 6.27. The first-order chi connectivity index (χ1) is 8.65. The molecule has 0 bridgehead atoms. The molecule has 0 aliphatic rings. The molecule has 1 heterocycles. The van der Waals surface area contributed by atoms with E-state index < -0.39 is 0 Å². The number of primary amides is 1. The lowest BCUT2D eigenvalue weighted by Crippen LogP contribution is -2.25. The van der Waals surface area contributed by atoms with Crippen molar-refractivity contribution in [3.05, 3.63) is 24.0 Å². The summed E-state index contributed by atoms with van der Waals surface area (Å²) in [4.78, 5) is 26.3. The first-order valence-corrected chi connectivity index (χ1v) is 5.83. The Labute approximate surface area is 106 Å². The van der Waals surface area contributed by atoms with Gasteiger partial charge in [0.25, 0.3) is 5.91 Å². The molecule has 1 aromatic heterocycles. The fourth-order valence-electron chi connectivity index (χ4n) is 1.51. The normalized spacial score (nSPS) is 9.83. The summed E-state index contributed by atoms with van der Waals surface area (Å²) < 4.78 is 0. The van der Waals surface area contributed by atoms with Crippen molar-refractivity contribution >= 4 is 17.5 Å². The molecule has 4 N–H and O–H groups in total. The van der Waals surface area contributed by atoms with Crippen molar-refractivity contribution in [2.24, 2.45) is 5.73 Å². The number of nitrogens with zero attached hydrogens (tertiary/aromatic N) is 1. The summed E-state index contributed by atoms with van der Waals surface area (Å²) in [6.07, 6.45) is 4.94. The van der Waals surface area contributed by atoms with Gasteiger partial charge in [-0.3, -0.25) is 14.6 Å². The van der Waals surface area contributed by atoms with E-state index >= 15 is 0 Å². The van der Waals surface area contributed by atoms with Crippen LogP contribution in [-0.2, 0) is 4.79 Å². The van der Waals surface area contributed by atoms with Crippen molar-refractivity contribution in [2.45, 2.75) is 19.3 Å². The number of amides is 2. The van der Waals surface area contributed by atoms with Gasteiger partial charge in [0, 0.05) is 26.2 Å². The van der Waals surface area contributed by atoms with Gasteiger partial charge in [0.05, 0.1) is 17.4 Å². The van der Waals surface area contributed by atoms with E-state index in [0.29, 0.717) is 30.6 Å². The molecule has 0 spiro atoms. The molecule has 1 rings (SSSR count). The zero-order chi connectivity index (χ0) is 13.4. The Morgan fingerprint density at radius 2 is 2.17 bits per heavy atom. The number of pyridine rings is 1. The molecule has 0 saturated carbocycles. The summed E-state index contributed by atoms with van der Waals surface area (Å²) in [6, 6.07) is 1.66. The average molecular weight is 250 g/mol. The van der Waals surface area contributed by atoms with Crippen LogP contribution < -0.4 is 16.4 Å². The Balaban J connectivity index is 2.38. The van der Waals surface area contributed by atoms with Crippen LogP contribution in [0.15, 0.2) is 18.5 Å². The molecule has 6 heteroatoms. The Hall–Kier alpha value is -2.11. The van der Waals surface area contributed by atoms with Crippen molar-refractivity contribution in [3.8, 4) is 0 Å². The summed E-state index contributed by atoms with van der Waals surface area (Å²) >= 11 is 0. The van der Waals surface area contributed by atoms with Gasteiger partial charge < -0.3 is 16.4 Å². The predicted molar refractivity (Wildman–Crippen MR) is 69.2 cm³/mol. The van der Waals surface area contributed by atoms with Crippen molar-refractivity contribution < 1.29 is 9.59 Å². The lowest BCUT2D eigenvalue weighted by Gasteiger charge is -2.08. The fourth-order valence-corrected chi connectivity index (χ4v) is 1.51. The van der Waals surface area contributed by atoms with Crippen molar-refractivity contribution in [1.29, 1.82) is 0 Å². The van der Waals surface area contributed by atoms with Crippen LogP contribution in [0.2, 0.25) is 0 Å². The van der Waals surface area contributed by atoms with E-state index in [1.54, 1.807) is 25.5 Å². The number of unbranched alkanes of at least 4 members (excludes halogenated alkanes) is 1. The molecular formula is C12H18N4O2. The van der Waals surface area contributed by atoms with E-state index in [-0.39, 0.29) is 11.8 Å². The highest BCUT2D eigenvalue weighted by atomic mass is 16.2. The third-order valence-corrected chi connectivity index (χ3v) is 2.47. The van der Waals surface area contributed by atoms with Gasteiger partial charge >= 0.3 is 0 Å². The van der Waals surface area contributed by atoms with Gasteiger partial charge in [0.15, 0.2) is 0 Å². The molecule has 0 unspecified atom stereocenters. The number of carbonyl (C=O) groups is 2. The van der Waals surface area contributed by atoms with Crippen LogP contribution in [0.1, 0.15) is 29.6 Å². The van der Waals surface area contributed by atoms with Crippen LogP contribution in [0.25, 0.3) is 0 Å². The maximum atomic E-state index is 11.9. The number of hydrogen-bond donors (Lipinski definition) is 3. The Kier molecular flexibility index (Phi) is 5.63. The molecular weight excluding hydrogens is 232 g/mol. The van der Waals surface area contributed by atoms with Gasteiger partial charge in [-0.05, 0) is 18.9 Å². The number of nitrogens with two attached hydrogens (primary N) is 1. The largest absolute Gasteiger partial charge is 0.386 e. The molecule has 0 radical (unpaired) electrons. The topological polar surface area (TPSA) is 97.1 Å². The molecule has 0 saturated heterocycles. The second kappa shape index (κ2) is 7.26. The highest BCUT2D eigenvalue weighted by Gasteiger charge is 2.09. The monoisotopic (exact) mass is 250 g/mol. The first kappa shape index (κ1) is 14.0. The van der Waals surface area contributed by atoms with Crippen molar-refractivity contribution in [3.63, 3.8) is 0 Å². The van der Waals surface area contributed by atoms with E-state index in [2.05, 4.69) is 15.6 Å². The summed E-state index contributed by atoms with van der Waals surface area (Å²) in [5.74, 6) is -0.464. The average Bonchev–Trinajstić information content (AvgIpc) is 2.37. The number of aromatic nitrogens is 1. The van der Waals surface area contributed by atoms with Gasteiger partial charge in [0.2, 0.25) is 5.91 Å². The molecule has 0 fully saturated rings. The van der Waals surface area contributed by atoms with Crippen molar-refractivity contribution in [2.75, 3.05) is 18.9 Å². The number of hydrogen-bond acceptors (Lipinski definition) is 4. The molecule has 2 amide bonds. The van der Waals surface area contributed by atoms with Crippen LogP contribution in [0, 0.1) is 0 Å². The molecule has 6 nitrogen and oxygen atoms in total. The predicted octanol–water partition coefficient (Wildman–Crippen LogP) is 0.509. The van der Waals surface area contributed by atoms with Gasteiger partial charge in [-0.25, -0.2) is 0 Å². The van der Waals surface area contributed by atoms with Crippen LogP contribution >= 0.6 is 0 Å². The summed E-state index contributed by atoms with van der Waals surface area (Å²) in [7, 11) is 1.74. The molecule has 18 heavy (non-hydrogen) atoms. The standard InChI is InChI=1S/C12H18N4O2/c1-14-10-8-15-7-5-9(10)12(18)16-6-3-2-4-11(13)17/h5,7-8,14H,2-4,6H2,1H3,(H2,13,17)(H,16,18). The van der Waals surface area contributed by atoms with Crippen LogP contribution in [0.3, 0.4) is 0 Å². The Morgan fingerprint density at radius 3 is 2.83 bits per heavy atom. The smallest absolute Gasteiger partial charge is 0.253 e. The Morgan fingerprint density at radius 1 is 1.39 bits per heavy atom. The fraction of sp³-hybridized carbons (Fsp3) is 0.417. The molecule has 0 aliphatic carbocycles. The third-order valence-electron chi connectivity index (χ3n) is 2.47. The van der Waals surface area contributed by atoms with Gasteiger partial charge in [-0.2, -0.15) is 0 Å². The van der Waals surface area contributed by atoms with Crippen molar-refractivity contribution in [1.82, 2.24) is 10.3 Å². The zero-order valence-electron chi connectivity index (χ0n) is 10.4. The van der Waals surface area contributed by atoms with E-state index in [1.165, 1.54) is 0 Å². The van der Waals surface area contributed by atoms with E-state index in [4.69, 9.17) is 5.73 Å². The minimum absolute atomic E-state index is 0.152. The SMILES string of the molecule is CNc1cnccc1C(=O)NCCCCC(N)=O. The Bertz CT molecular complexity index is 420. The van der Waals surface area contributed by atoms with E-state index in [1.807, 2.05) is 0 Å². The highest BCUT2D eigenvalue weighted by molar-refractivity contribution is 5.99. The maximum absolute atomic E-state index is 11.9. The summed E-state index contributed by atoms with van der Waals surface area (Å²) in [6.45, 7) is 0.525. The quantitative estimate of drug-likeness (QED) is 0.614. The van der Waals surface area contributed by atoms with E-state index in [0.717, 1.165) is 6.42 Å². The number of nitrogens with one attached hydrogen (secondary N) is 2. The zero-order valence-corrected chi connectivity index (χ0v) is 10.4. The minimum atomic E-state index is -0.312. The second-order valence-corrected chi connectivity index (χ2v) is 3.85. The maximum Gasteiger partial charge on any atom is 0.253 e. The molecule has 0 aliphatic heterocycles. The van der Waals surface area contributed by atoms with Gasteiger partial charge in [0.1, 0.15) is 0 Å². The molecule has 1 aromatic rings. The van der Waals surface area contributed by atoms with Crippen LogP contribution in [-0.4, -0.2) is 30.4 Å². The van der Waals surface area contributed by atoms with E-state index in [9.17, 15) is 9.59 Å². The second-order valence-electron chi connectivity index (χ2n) is 3.85. The number of anilines is 1. The lowest BCUT2D eigenvalue weighted by molar-refractivity contribution is -0.118. The molecule has 0 aromatic carbocycles. The van der Waals surface area contributed by atoms with Crippen LogP contribution in [0.4, 0.5) is 5.69 Å². The summed E-state index contributed by atoms with van der Waals surface area (Å²) in [5, 5.41) is 5.70. The minimum Gasteiger partial charge on any atom is -0.386 e. The third kappa shape index (κ3) is 4.40. The first-order valence-electron chi connectivity index (χ1n) is 5.83. The van der Waals surface area contributed by atoms with Gasteiger partial charge in [-0.15, -0.1) is 0 Å². The highest BCUT2D eigenvalue weighted by Crippen LogP contribution is 2.11. The lowest BCUT2D eigenvalue weighted by atomic mass is 10.2. The van der Waals surface area contributed by atoms with Crippen LogP contribution in [0.5, 0.6) is 0 Å².